The summed E-state index contributed by atoms with van der Waals surface area (Å²) in [5.41, 5.74) is 1.65. The summed E-state index contributed by atoms with van der Waals surface area (Å²) < 4.78 is 41.9. The summed E-state index contributed by atoms with van der Waals surface area (Å²) in [6.45, 7) is 0. The van der Waals surface area contributed by atoms with E-state index < -0.39 is 12.3 Å². The van der Waals surface area contributed by atoms with E-state index in [0.29, 0.717) is 23.2 Å². The van der Waals surface area contributed by atoms with E-state index in [1.807, 2.05) is 24.3 Å². The van der Waals surface area contributed by atoms with Gasteiger partial charge in [0.25, 0.3) is 0 Å². The lowest BCUT2D eigenvalue weighted by molar-refractivity contribution is -0.274. The first kappa shape index (κ1) is 17.3. The first-order valence-corrected chi connectivity index (χ1v) is 8.42. The van der Waals surface area contributed by atoms with Gasteiger partial charge in [0.05, 0.1) is 11.2 Å². The maximum Gasteiger partial charge on any atom is 0.573 e. The van der Waals surface area contributed by atoms with Crippen molar-refractivity contribution < 1.29 is 22.7 Å². The van der Waals surface area contributed by atoms with Gasteiger partial charge in [-0.3, -0.25) is 9.78 Å². The number of para-hydroxylation sites is 2. The highest BCUT2D eigenvalue weighted by Crippen LogP contribution is 2.51. The van der Waals surface area contributed by atoms with Crippen LogP contribution in [0.2, 0.25) is 0 Å². The van der Waals surface area contributed by atoms with Crippen molar-refractivity contribution in [2.24, 2.45) is 5.92 Å². The Labute approximate surface area is 153 Å². The minimum Gasteiger partial charge on any atom is -0.405 e. The number of nitrogens with zero attached hydrogens (tertiary/aromatic N) is 1. The van der Waals surface area contributed by atoms with Gasteiger partial charge in [-0.1, -0.05) is 36.4 Å². The molecule has 1 amide bonds. The normalized spacial score (nSPS) is 18.9. The highest BCUT2D eigenvalue weighted by molar-refractivity contribution is 6.02. The van der Waals surface area contributed by atoms with Gasteiger partial charge in [0.2, 0.25) is 5.91 Å². The summed E-state index contributed by atoms with van der Waals surface area (Å²) in [6.07, 6.45) is -2.65. The van der Waals surface area contributed by atoms with Crippen molar-refractivity contribution in [3.63, 3.8) is 0 Å². The lowest BCUT2D eigenvalue weighted by atomic mass is 10.1. The second kappa shape index (κ2) is 6.57. The molecule has 1 N–H and O–H groups in total. The monoisotopic (exact) mass is 372 g/mol. The standard InChI is InChI=1S/C20H15F3N2O2/c21-20(22,23)27-17-9-2-1-7-13(17)14-11-15(14)19(26)25-16-8-3-5-12-6-4-10-24-18(12)16/h1-10,14-15H,11H2,(H,25,26)/t14-,15+/m0/s1. The number of pyridine rings is 1. The molecular weight excluding hydrogens is 357 g/mol. The number of fused-ring (bicyclic) bond motifs is 1. The number of alkyl halides is 3. The lowest BCUT2D eigenvalue weighted by Gasteiger charge is -2.13. The van der Waals surface area contributed by atoms with Crippen LogP contribution in [0.1, 0.15) is 17.9 Å². The van der Waals surface area contributed by atoms with Crippen LogP contribution in [0.3, 0.4) is 0 Å². The Morgan fingerprint density at radius 1 is 1.07 bits per heavy atom. The van der Waals surface area contributed by atoms with Crippen molar-refractivity contribution in [3.05, 3.63) is 66.4 Å². The summed E-state index contributed by atoms with van der Waals surface area (Å²) in [7, 11) is 0. The number of hydrogen-bond acceptors (Lipinski definition) is 3. The highest BCUT2D eigenvalue weighted by atomic mass is 19.4. The molecule has 2 aromatic carbocycles. The maximum absolute atomic E-state index is 12.6. The van der Waals surface area contributed by atoms with Crippen molar-refractivity contribution in [1.82, 2.24) is 4.98 Å². The van der Waals surface area contributed by atoms with Gasteiger partial charge in [-0.05, 0) is 36.1 Å². The average molecular weight is 372 g/mol. The smallest absolute Gasteiger partial charge is 0.405 e. The summed E-state index contributed by atoms with van der Waals surface area (Å²) in [6, 6.07) is 15.1. The fraction of sp³-hybridized carbons (Fsp3) is 0.200. The van der Waals surface area contributed by atoms with E-state index in [4.69, 9.17) is 0 Å². The Kier molecular flexibility index (Phi) is 4.22. The molecule has 1 aliphatic rings. The molecule has 4 nitrogen and oxygen atoms in total. The Morgan fingerprint density at radius 2 is 1.85 bits per heavy atom. The quantitative estimate of drug-likeness (QED) is 0.710. The van der Waals surface area contributed by atoms with E-state index in [1.165, 1.54) is 12.1 Å². The Morgan fingerprint density at radius 3 is 2.67 bits per heavy atom. The van der Waals surface area contributed by atoms with Crippen molar-refractivity contribution in [3.8, 4) is 5.75 Å². The molecule has 0 unspecified atom stereocenters. The SMILES string of the molecule is O=C(Nc1cccc2cccnc12)[C@@H]1C[C@H]1c1ccccc1OC(F)(F)F. The van der Waals surface area contributed by atoms with Crippen LogP contribution in [0.5, 0.6) is 5.75 Å². The van der Waals surface area contributed by atoms with Gasteiger partial charge in [0, 0.05) is 17.5 Å². The van der Waals surface area contributed by atoms with Crippen molar-refractivity contribution in [1.29, 1.82) is 0 Å². The number of benzene rings is 2. The lowest BCUT2D eigenvalue weighted by Crippen LogP contribution is -2.18. The van der Waals surface area contributed by atoms with E-state index in [1.54, 1.807) is 24.4 Å². The predicted octanol–water partition coefficient (Wildman–Crippen LogP) is 4.88. The number of aromatic nitrogens is 1. The number of amides is 1. The molecule has 1 heterocycles. The van der Waals surface area contributed by atoms with Gasteiger partial charge in [-0.25, -0.2) is 0 Å². The first-order chi connectivity index (χ1) is 12.9. The number of anilines is 1. The molecule has 1 fully saturated rings. The number of halogens is 3. The number of rotatable bonds is 4. The number of nitrogens with one attached hydrogen (secondary N) is 1. The topological polar surface area (TPSA) is 51.2 Å². The third kappa shape index (κ3) is 3.72. The largest absolute Gasteiger partial charge is 0.573 e. The highest BCUT2D eigenvalue weighted by Gasteiger charge is 2.46. The van der Waals surface area contributed by atoms with Gasteiger partial charge in [0.15, 0.2) is 0 Å². The molecule has 138 valence electrons. The van der Waals surface area contributed by atoms with Crippen LogP contribution < -0.4 is 10.1 Å². The number of hydrogen-bond donors (Lipinski definition) is 1. The molecule has 7 heteroatoms. The molecule has 1 aromatic heterocycles. The van der Waals surface area contributed by atoms with Crippen LogP contribution in [0, 0.1) is 5.92 Å². The van der Waals surface area contributed by atoms with Crippen molar-refractivity contribution >= 4 is 22.5 Å². The molecule has 27 heavy (non-hydrogen) atoms. The van der Waals surface area contributed by atoms with Crippen LogP contribution >= 0.6 is 0 Å². The Hall–Kier alpha value is -3.09. The average Bonchev–Trinajstić information content (AvgIpc) is 3.42. The molecule has 0 aliphatic heterocycles. The number of ether oxygens (including phenoxy) is 1. The van der Waals surface area contributed by atoms with Crippen molar-refractivity contribution in [2.75, 3.05) is 5.32 Å². The molecule has 3 aromatic rings. The second-order valence-electron chi connectivity index (χ2n) is 6.40. The molecule has 1 saturated carbocycles. The Balaban J connectivity index is 1.52. The zero-order valence-corrected chi connectivity index (χ0v) is 14.0. The summed E-state index contributed by atoms with van der Waals surface area (Å²) in [5, 5.41) is 3.74. The number of carbonyl (C=O) groups excluding carboxylic acids is 1. The molecule has 4 rings (SSSR count). The summed E-state index contributed by atoms with van der Waals surface area (Å²) >= 11 is 0. The third-order valence-corrected chi connectivity index (χ3v) is 4.56. The van der Waals surface area contributed by atoms with E-state index in [2.05, 4.69) is 15.0 Å². The van der Waals surface area contributed by atoms with Crippen LogP contribution in [-0.2, 0) is 4.79 Å². The fourth-order valence-electron chi connectivity index (χ4n) is 3.26. The van der Waals surface area contributed by atoms with Crippen LogP contribution in [0.25, 0.3) is 10.9 Å². The third-order valence-electron chi connectivity index (χ3n) is 4.56. The molecular formula is C20H15F3N2O2. The maximum atomic E-state index is 12.6. The molecule has 0 saturated heterocycles. The van der Waals surface area contributed by atoms with Gasteiger partial charge in [-0.15, -0.1) is 13.2 Å². The van der Waals surface area contributed by atoms with Gasteiger partial charge in [-0.2, -0.15) is 0 Å². The Bertz CT molecular complexity index is 998. The summed E-state index contributed by atoms with van der Waals surface area (Å²) in [5.74, 6) is -1.19. The fourth-order valence-corrected chi connectivity index (χ4v) is 3.26. The van der Waals surface area contributed by atoms with Crippen LogP contribution in [0.15, 0.2) is 60.8 Å². The predicted molar refractivity (Wildman–Crippen MR) is 94.3 cm³/mol. The minimum absolute atomic E-state index is 0.236. The molecule has 0 spiro atoms. The first-order valence-electron chi connectivity index (χ1n) is 8.42. The van der Waals surface area contributed by atoms with E-state index in [-0.39, 0.29) is 17.6 Å². The second-order valence-corrected chi connectivity index (χ2v) is 6.40. The van der Waals surface area contributed by atoms with Crippen molar-refractivity contribution in [2.45, 2.75) is 18.7 Å². The zero-order chi connectivity index (χ0) is 19.0. The number of carbonyl (C=O) groups is 1. The molecule has 2 atom stereocenters. The van der Waals surface area contributed by atoms with Gasteiger partial charge < -0.3 is 10.1 Å². The summed E-state index contributed by atoms with van der Waals surface area (Å²) in [4.78, 5) is 16.9. The molecule has 1 aliphatic carbocycles. The van der Waals surface area contributed by atoms with Gasteiger partial charge >= 0.3 is 6.36 Å². The van der Waals surface area contributed by atoms with E-state index >= 15 is 0 Å². The van der Waals surface area contributed by atoms with Crippen LogP contribution in [0.4, 0.5) is 18.9 Å². The van der Waals surface area contributed by atoms with E-state index in [9.17, 15) is 18.0 Å². The minimum atomic E-state index is -4.77. The molecule has 0 bridgehead atoms. The van der Waals surface area contributed by atoms with E-state index in [0.717, 1.165) is 5.39 Å². The van der Waals surface area contributed by atoms with Gasteiger partial charge in [0.1, 0.15) is 5.75 Å². The van der Waals surface area contributed by atoms with Crippen LogP contribution in [-0.4, -0.2) is 17.3 Å². The molecule has 0 radical (unpaired) electrons. The zero-order valence-electron chi connectivity index (χ0n) is 14.0.